The van der Waals surface area contributed by atoms with Gasteiger partial charge < -0.3 is 9.30 Å². The van der Waals surface area contributed by atoms with E-state index in [0.717, 1.165) is 34.2 Å². The Balaban J connectivity index is 1.58. The highest BCUT2D eigenvalue weighted by Crippen LogP contribution is 2.27. The molecule has 0 aliphatic carbocycles. The van der Waals surface area contributed by atoms with Gasteiger partial charge in [0.2, 0.25) is 5.16 Å². The van der Waals surface area contributed by atoms with Crippen LogP contribution >= 0.6 is 11.8 Å². The Labute approximate surface area is 166 Å². The van der Waals surface area contributed by atoms with Crippen LogP contribution in [0, 0.1) is 0 Å². The first-order valence-corrected chi connectivity index (χ1v) is 10.0. The van der Waals surface area contributed by atoms with Gasteiger partial charge >= 0.3 is 0 Å². The van der Waals surface area contributed by atoms with E-state index in [-0.39, 0.29) is 11.5 Å². The summed E-state index contributed by atoms with van der Waals surface area (Å²) in [5, 5.41) is 10.2. The molecule has 0 radical (unpaired) electrons. The summed E-state index contributed by atoms with van der Waals surface area (Å²) in [6, 6.07) is 13.5. The zero-order valence-corrected chi connectivity index (χ0v) is 16.8. The highest BCUT2D eigenvalue weighted by molar-refractivity contribution is 7.99. The second-order valence-corrected chi connectivity index (χ2v) is 7.41. The van der Waals surface area contributed by atoms with Crippen LogP contribution in [-0.4, -0.2) is 38.4 Å². The summed E-state index contributed by atoms with van der Waals surface area (Å²) in [5.41, 5.74) is 4.53. The number of fused-ring (bicyclic) bond motifs is 3. The number of ketones is 1. The van der Waals surface area contributed by atoms with Crippen LogP contribution in [0.4, 0.5) is 0 Å². The smallest absolute Gasteiger partial charge is 0.211 e. The van der Waals surface area contributed by atoms with Crippen LogP contribution < -0.4 is 4.74 Å². The standard InChI is InChI=1S/C21H20N4O2S/c1-4-13-5-10-17-16(11-13)19-20(25(17)2)22-21(24-23-19)28-12-18(26)14-6-8-15(27-3)9-7-14/h5-11H,4,12H2,1-3H3. The van der Waals surface area contributed by atoms with Crippen molar-refractivity contribution in [1.82, 2.24) is 19.7 Å². The van der Waals surface area contributed by atoms with Gasteiger partial charge in [0.1, 0.15) is 11.3 Å². The van der Waals surface area contributed by atoms with Crippen LogP contribution in [0.2, 0.25) is 0 Å². The molecule has 0 spiro atoms. The predicted octanol–water partition coefficient (Wildman–Crippen LogP) is 4.06. The molecule has 28 heavy (non-hydrogen) atoms. The first kappa shape index (κ1) is 18.4. The number of hydrogen-bond donors (Lipinski definition) is 0. The van der Waals surface area contributed by atoms with Gasteiger partial charge in [-0.1, -0.05) is 24.8 Å². The Morgan fingerprint density at radius 3 is 2.64 bits per heavy atom. The van der Waals surface area contributed by atoms with Crippen molar-refractivity contribution in [2.75, 3.05) is 12.9 Å². The largest absolute Gasteiger partial charge is 0.497 e. The zero-order chi connectivity index (χ0) is 19.7. The fourth-order valence-corrected chi connectivity index (χ4v) is 3.84. The molecule has 142 valence electrons. The number of carbonyl (C=O) groups excluding carboxylic acids is 1. The van der Waals surface area contributed by atoms with E-state index in [0.29, 0.717) is 10.7 Å². The van der Waals surface area contributed by atoms with Gasteiger partial charge in [-0.05, 0) is 48.4 Å². The van der Waals surface area contributed by atoms with Crippen molar-refractivity contribution < 1.29 is 9.53 Å². The topological polar surface area (TPSA) is 69.9 Å². The summed E-state index contributed by atoms with van der Waals surface area (Å²) in [7, 11) is 3.57. The first-order chi connectivity index (χ1) is 13.6. The molecule has 6 nitrogen and oxygen atoms in total. The highest BCUT2D eigenvalue weighted by atomic mass is 32.2. The van der Waals surface area contributed by atoms with E-state index in [1.807, 2.05) is 11.6 Å². The number of hydrogen-bond acceptors (Lipinski definition) is 6. The van der Waals surface area contributed by atoms with Crippen molar-refractivity contribution in [1.29, 1.82) is 0 Å². The number of aromatic nitrogens is 4. The Kier molecular flexibility index (Phi) is 5.00. The molecule has 4 aromatic rings. The number of carbonyl (C=O) groups is 1. The van der Waals surface area contributed by atoms with Crippen molar-refractivity contribution in [3.63, 3.8) is 0 Å². The fourth-order valence-electron chi connectivity index (χ4n) is 3.16. The summed E-state index contributed by atoms with van der Waals surface area (Å²) in [6.45, 7) is 2.13. The second-order valence-electron chi connectivity index (χ2n) is 6.47. The molecule has 0 aliphatic heterocycles. The average Bonchev–Trinajstić information content (AvgIpc) is 3.03. The fraction of sp³-hybridized carbons (Fsp3) is 0.238. The van der Waals surface area contributed by atoms with Crippen molar-refractivity contribution >= 4 is 39.6 Å². The molecule has 2 aromatic heterocycles. The third-order valence-electron chi connectivity index (χ3n) is 4.80. The third-order valence-corrected chi connectivity index (χ3v) is 5.63. The van der Waals surface area contributed by atoms with Gasteiger partial charge in [0, 0.05) is 18.0 Å². The number of rotatable bonds is 6. The Morgan fingerprint density at radius 2 is 1.93 bits per heavy atom. The maximum Gasteiger partial charge on any atom is 0.211 e. The van der Waals surface area contributed by atoms with Crippen molar-refractivity contribution in [2.24, 2.45) is 7.05 Å². The Hall–Kier alpha value is -2.93. The van der Waals surface area contributed by atoms with E-state index < -0.39 is 0 Å². The van der Waals surface area contributed by atoms with E-state index >= 15 is 0 Å². The lowest BCUT2D eigenvalue weighted by Crippen LogP contribution is -2.04. The van der Waals surface area contributed by atoms with Gasteiger partial charge in [-0.2, -0.15) is 0 Å². The van der Waals surface area contributed by atoms with Crippen LogP contribution in [0.5, 0.6) is 5.75 Å². The quantitative estimate of drug-likeness (QED) is 0.364. The minimum absolute atomic E-state index is 0.0148. The average molecular weight is 392 g/mol. The highest BCUT2D eigenvalue weighted by Gasteiger charge is 2.14. The number of benzene rings is 2. The normalized spacial score (nSPS) is 11.2. The van der Waals surface area contributed by atoms with E-state index in [2.05, 4.69) is 40.3 Å². The van der Waals surface area contributed by atoms with E-state index in [9.17, 15) is 4.79 Å². The molecule has 0 fully saturated rings. The number of aryl methyl sites for hydroxylation is 2. The number of nitrogens with zero attached hydrogens (tertiary/aromatic N) is 4. The molecule has 0 bridgehead atoms. The number of thioether (sulfide) groups is 1. The molecule has 0 saturated heterocycles. The lowest BCUT2D eigenvalue weighted by atomic mass is 10.1. The van der Waals surface area contributed by atoms with E-state index in [4.69, 9.17) is 4.74 Å². The van der Waals surface area contributed by atoms with Gasteiger partial charge in [0.05, 0.1) is 18.4 Å². The number of ether oxygens (including phenoxy) is 1. The van der Waals surface area contributed by atoms with Gasteiger partial charge in [0.25, 0.3) is 0 Å². The molecular weight excluding hydrogens is 372 g/mol. The summed E-state index contributed by atoms with van der Waals surface area (Å²) >= 11 is 1.30. The summed E-state index contributed by atoms with van der Waals surface area (Å²) < 4.78 is 7.14. The predicted molar refractivity (Wildman–Crippen MR) is 111 cm³/mol. The minimum atomic E-state index is 0.0148. The minimum Gasteiger partial charge on any atom is -0.497 e. The molecule has 7 heteroatoms. The molecule has 0 aliphatic rings. The van der Waals surface area contributed by atoms with Gasteiger partial charge in [-0.3, -0.25) is 4.79 Å². The van der Waals surface area contributed by atoms with Crippen molar-refractivity contribution in [3.05, 3.63) is 53.6 Å². The van der Waals surface area contributed by atoms with Crippen molar-refractivity contribution in [2.45, 2.75) is 18.5 Å². The summed E-state index contributed by atoms with van der Waals surface area (Å²) in [5.74, 6) is 0.994. The van der Waals surface area contributed by atoms with Crippen LogP contribution in [-0.2, 0) is 13.5 Å². The van der Waals surface area contributed by atoms with Gasteiger partial charge in [-0.15, -0.1) is 10.2 Å². The van der Waals surface area contributed by atoms with Crippen molar-refractivity contribution in [3.8, 4) is 5.75 Å². The summed E-state index contributed by atoms with van der Waals surface area (Å²) in [4.78, 5) is 17.1. The lowest BCUT2D eigenvalue weighted by molar-refractivity contribution is 0.102. The van der Waals surface area contributed by atoms with Gasteiger partial charge in [0.15, 0.2) is 11.4 Å². The third kappa shape index (κ3) is 3.33. The second kappa shape index (κ2) is 7.59. The van der Waals surface area contributed by atoms with Crippen LogP contribution in [0.1, 0.15) is 22.8 Å². The van der Waals surface area contributed by atoms with E-state index in [1.54, 1.807) is 31.4 Å². The molecule has 0 saturated carbocycles. The van der Waals surface area contributed by atoms with E-state index in [1.165, 1.54) is 17.3 Å². The Morgan fingerprint density at radius 1 is 1.14 bits per heavy atom. The maximum atomic E-state index is 12.4. The van der Waals surface area contributed by atoms with Crippen LogP contribution in [0.15, 0.2) is 47.6 Å². The van der Waals surface area contributed by atoms with Gasteiger partial charge in [-0.25, -0.2) is 4.98 Å². The monoisotopic (exact) mass is 392 g/mol. The van der Waals surface area contributed by atoms with Crippen LogP contribution in [0.25, 0.3) is 22.1 Å². The molecule has 0 N–H and O–H groups in total. The molecule has 2 aromatic carbocycles. The molecule has 0 unspecified atom stereocenters. The molecule has 0 atom stereocenters. The molecule has 2 heterocycles. The zero-order valence-electron chi connectivity index (χ0n) is 16.0. The molecular formula is C21H20N4O2S. The van der Waals surface area contributed by atoms with Crippen LogP contribution in [0.3, 0.4) is 0 Å². The number of methoxy groups -OCH3 is 1. The maximum absolute atomic E-state index is 12.4. The summed E-state index contributed by atoms with van der Waals surface area (Å²) in [6.07, 6.45) is 0.967. The molecule has 0 amide bonds. The molecule has 4 rings (SSSR count). The Bertz CT molecular complexity index is 1170. The number of Topliss-reactive ketones (excluding diaryl/α,β-unsaturated/α-hetero) is 1. The lowest BCUT2D eigenvalue weighted by Gasteiger charge is -2.03. The first-order valence-electron chi connectivity index (χ1n) is 9.02. The SMILES string of the molecule is CCc1ccc2c(c1)c1nnc(SCC(=O)c3ccc(OC)cc3)nc1n2C.